The van der Waals surface area contributed by atoms with Crippen molar-refractivity contribution in [2.45, 2.75) is 6.04 Å². The highest BCUT2D eigenvalue weighted by molar-refractivity contribution is 6.34. The molecule has 1 unspecified atom stereocenters. The number of pyridine rings is 1. The highest BCUT2D eigenvalue weighted by Gasteiger charge is 2.17. The minimum absolute atomic E-state index is 0.0940. The molecule has 0 bridgehead atoms. The fourth-order valence-electron chi connectivity index (χ4n) is 1.54. The molecule has 5 heteroatoms. The minimum Gasteiger partial charge on any atom is -0.472 e. The lowest BCUT2D eigenvalue weighted by atomic mass is 10.1. The fraction of sp³-hybridized carbons (Fsp3) is 0.182. The second-order valence-corrected chi connectivity index (χ2v) is 4.14. The maximum Gasteiger partial charge on any atom is 0.0954 e. The summed E-state index contributed by atoms with van der Waals surface area (Å²) in [4.78, 5) is 4.24. The Labute approximate surface area is 103 Å². The van der Waals surface area contributed by atoms with Gasteiger partial charge in [0.05, 0.1) is 34.3 Å². The summed E-state index contributed by atoms with van der Waals surface area (Å²) in [5, 5.41) is 4.19. The lowest BCUT2D eigenvalue weighted by Crippen LogP contribution is -2.18. The molecule has 0 aromatic carbocycles. The van der Waals surface area contributed by atoms with Gasteiger partial charge < -0.3 is 9.73 Å². The van der Waals surface area contributed by atoms with Gasteiger partial charge in [-0.05, 0) is 19.2 Å². The fourth-order valence-corrected chi connectivity index (χ4v) is 2.03. The number of furan rings is 1. The molecule has 2 heterocycles. The van der Waals surface area contributed by atoms with Crippen LogP contribution < -0.4 is 5.32 Å². The van der Waals surface area contributed by atoms with Gasteiger partial charge >= 0.3 is 0 Å². The molecule has 84 valence electrons. The largest absolute Gasteiger partial charge is 0.472 e. The van der Waals surface area contributed by atoms with E-state index in [0.717, 1.165) is 11.3 Å². The topological polar surface area (TPSA) is 38.1 Å². The monoisotopic (exact) mass is 256 g/mol. The zero-order chi connectivity index (χ0) is 11.5. The van der Waals surface area contributed by atoms with Crippen LogP contribution in [0.5, 0.6) is 0 Å². The quantitative estimate of drug-likeness (QED) is 0.916. The van der Waals surface area contributed by atoms with E-state index >= 15 is 0 Å². The Kier molecular flexibility index (Phi) is 3.49. The summed E-state index contributed by atoms with van der Waals surface area (Å²) in [6.45, 7) is 0. The van der Waals surface area contributed by atoms with Crippen LogP contribution in [0.25, 0.3) is 0 Å². The van der Waals surface area contributed by atoms with Crippen LogP contribution in [0.2, 0.25) is 10.0 Å². The SMILES string of the molecule is CNC(c1ccoc1)c1ncc(Cl)cc1Cl. The number of nitrogens with zero attached hydrogens (tertiary/aromatic N) is 1. The number of hydrogen-bond donors (Lipinski definition) is 1. The predicted molar refractivity (Wildman–Crippen MR) is 63.9 cm³/mol. The normalized spacial score (nSPS) is 12.7. The van der Waals surface area contributed by atoms with Gasteiger partial charge in [-0.3, -0.25) is 4.98 Å². The maximum absolute atomic E-state index is 6.10. The summed E-state index contributed by atoms with van der Waals surface area (Å²) in [5.74, 6) is 0. The molecule has 2 rings (SSSR count). The first kappa shape index (κ1) is 11.5. The van der Waals surface area contributed by atoms with Crippen LogP contribution in [0.4, 0.5) is 0 Å². The molecule has 0 aliphatic heterocycles. The summed E-state index contributed by atoms with van der Waals surface area (Å²) >= 11 is 11.9. The Morgan fingerprint density at radius 3 is 2.81 bits per heavy atom. The molecule has 0 aliphatic carbocycles. The number of hydrogen-bond acceptors (Lipinski definition) is 3. The van der Waals surface area contributed by atoms with Crippen molar-refractivity contribution in [3.8, 4) is 0 Å². The second-order valence-electron chi connectivity index (χ2n) is 3.30. The van der Waals surface area contributed by atoms with Gasteiger partial charge in [-0.1, -0.05) is 23.2 Å². The molecule has 16 heavy (non-hydrogen) atoms. The Morgan fingerprint density at radius 2 is 2.25 bits per heavy atom. The third-order valence-corrected chi connectivity index (χ3v) is 2.78. The van der Waals surface area contributed by atoms with Crippen LogP contribution in [0.3, 0.4) is 0 Å². The Morgan fingerprint density at radius 1 is 1.44 bits per heavy atom. The molecule has 0 fully saturated rings. The van der Waals surface area contributed by atoms with Gasteiger partial charge in [0.15, 0.2) is 0 Å². The molecule has 0 saturated carbocycles. The zero-order valence-electron chi connectivity index (χ0n) is 8.58. The van der Waals surface area contributed by atoms with Crippen LogP contribution in [0.1, 0.15) is 17.3 Å². The van der Waals surface area contributed by atoms with Crippen LogP contribution in [0, 0.1) is 0 Å². The third kappa shape index (κ3) is 2.21. The first-order valence-corrected chi connectivity index (χ1v) is 5.48. The van der Waals surface area contributed by atoms with E-state index in [4.69, 9.17) is 27.6 Å². The van der Waals surface area contributed by atoms with Gasteiger partial charge in [-0.25, -0.2) is 0 Å². The maximum atomic E-state index is 6.10. The molecule has 0 radical (unpaired) electrons. The van der Waals surface area contributed by atoms with Crippen molar-refractivity contribution in [1.82, 2.24) is 10.3 Å². The number of halogens is 2. The average molecular weight is 257 g/mol. The molecule has 1 atom stereocenters. The standard InChI is InChI=1S/C11H10Cl2N2O/c1-14-10(7-2-3-16-6-7)11-9(13)4-8(12)5-15-11/h2-6,10,14H,1H3. The van der Waals surface area contributed by atoms with Gasteiger partial charge in [-0.15, -0.1) is 0 Å². The van der Waals surface area contributed by atoms with Gasteiger partial charge in [0, 0.05) is 11.8 Å². The first-order valence-electron chi connectivity index (χ1n) is 4.72. The summed E-state index contributed by atoms with van der Waals surface area (Å²) in [5.41, 5.74) is 1.70. The highest BCUT2D eigenvalue weighted by Crippen LogP contribution is 2.28. The molecule has 3 nitrogen and oxygen atoms in total. The van der Waals surface area contributed by atoms with Gasteiger partial charge in [0.1, 0.15) is 0 Å². The summed E-state index contributed by atoms with van der Waals surface area (Å²) < 4.78 is 5.05. The zero-order valence-corrected chi connectivity index (χ0v) is 10.1. The summed E-state index contributed by atoms with van der Waals surface area (Å²) in [6, 6.07) is 3.45. The van der Waals surface area contributed by atoms with Gasteiger partial charge in [0.2, 0.25) is 0 Å². The van der Waals surface area contributed by atoms with Crippen LogP contribution >= 0.6 is 23.2 Å². The number of aromatic nitrogens is 1. The highest BCUT2D eigenvalue weighted by atomic mass is 35.5. The van der Waals surface area contributed by atoms with E-state index in [0.29, 0.717) is 10.0 Å². The van der Waals surface area contributed by atoms with Crippen LogP contribution in [0.15, 0.2) is 35.3 Å². The van der Waals surface area contributed by atoms with E-state index in [-0.39, 0.29) is 6.04 Å². The van der Waals surface area contributed by atoms with Gasteiger partial charge in [-0.2, -0.15) is 0 Å². The van der Waals surface area contributed by atoms with E-state index in [1.54, 1.807) is 24.8 Å². The third-order valence-electron chi connectivity index (χ3n) is 2.27. The number of rotatable bonds is 3. The molecular weight excluding hydrogens is 247 g/mol. The Balaban J connectivity index is 2.41. The lowest BCUT2D eigenvalue weighted by Gasteiger charge is -2.15. The van der Waals surface area contributed by atoms with E-state index in [9.17, 15) is 0 Å². The second kappa shape index (κ2) is 4.87. The van der Waals surface area contributed by atoms with Crippen molar-refractivity contribution < 1.29 is 4.42 Å². The molecule has 0 aliphatic rings. The van der Waals surface area contributed by atoms with Crippen molar-refractivity contribution in [1.29, 1.82) is 0 Å². The van der Waals surface area contributed by atoms with Crippen molar-refractivity contribution in [2.24, 2.45) is 0 Å². The molecule has 0 saturated heterocycles. The summed E-state index contributed by atoms with van der Waals surface area (Å²) in [7, 11) is 1.84. The van der Waals surface area contributed by atoms with Gasteiger partial charge in [0.25, 0.3) is 0 Å². The van der Waals surface area contributed by atoms with Crippen molar-refractivity contribution in [3.05, 3.63) is 52.2 Å². The molecule has 0 spiro atoms. The van der Waals surface area contributed by atoms with Crippen molar-refractivity contribution >= 4 is 23.2 Å². The van der Waals surface area contributed by atoms with E-state index < -0.39 is 0 Å². The van der Waals surface area contributed by atoms with E-state index in [1.807, 2.05) is 13.1 Å². The number of nitrogens with one attached hydrogen (secondary N) is 1. The predicted octanol–water partition coefficient (Wildman–Crippen LogP) is 3.29. The lowest BCUT2D eigenvalue weighted by molar-refractivity contribution is 0.556. The molecule has 2 aromatic rings. The van der Waals surface area contributed by atoms with Crippen LogP contribution in [-0.2, 0) is 0 Å². The molecular formula is C11H10Cl2N2O. The average Bonchev–Trinajstić information content (AvgIpc) is 2.75. The minimum atomic E-state index is -0.0940. The van der Waals surface area contributed by atoms with Crippen molar-refractivity contribution in [3.63, 3.8) is 0 Å². The molecule has 2 aromatic heterocycles. The van der Waals surface area contributed by atoms with E-state index in [1.165, 1.54) is 0 Å². The van der Waals surface area contributed by atoms with E-state index in [2.05, 4.69) is 10.3 Å². The Hall–Kier alpha value is -1.03. The molecule has 0 amide bonds. The molecule has 1 N–H and O–H groups in total. The smallest absolute Gasteiger partial charge is 0.0954 e. The Bertz CT molecular complexity index is 471. The summed E-state index contributed by atoms with van der Waals surface area (Å²) in [6.07, 6.45) is 4.85. The van der Waals surface area contributed by atoms with Crippen LogP contribution in [-0.4, -0.2) is 12.0 Å². The first-order chi connectivity index (χ1) is 7.72. The van der Waals surface area contributed by atoms with Crippen molar-refractivity contribution in [2.75, 3.05) is 7.05 Å².